The molecule has 2 rings (SSSR count). The molecule has 0 aromatic rings. The van der Waals surface area contributed by atoms with E-state index in [1.807, 2.05) is 4.90 Å². The lowest BCUT2D eigenvalue weighted by Crippen LogP contribution is -2.51. The number of hydrogen-bond donors (Lipinski definition) is 1. The van der Waals surface area contributed by atoms with Crippen LogP contribution in [0.3, 0.4) is 0 Å². The van der Waals surface area contributed by atoms with Crippen molar-refractivity contribution in [1.29, 1.82) is 0 Å². The summed E-state index contributed by atoms with van der Waals surface area (Å²) in [5.41, 5.74) is 0. The second kappa shape index (κ2) is 6.27. The number of carboxylic acid groups (broad SMARTS) is 1. The van der Waals surface area contributed by atoms with E-state index in [1.165, 1.54) is 0 Å². The minimum atomic E-state index is -0.905. The van der Waals surface area contributed by atoms with Crippen molar-refractivity contribution in [3.63, 3.8) is 0 Å². The third-order valence-electron chi connectivity index (χ3n) is 3.32. The van der Waals surface area contributed by atoms with Crippen molar-refractivity contribution in [2.45, 2.75) is 12.8 Å². The quantitative estimate of drug-likeness (QED) is 0.762. The zero-order chi connectivity index (χ0) is 13.8. The number of carboxylic acids is 1. The fourth-order valence-electron chi connectivity index (χ4n) is 2.08. The average Bonchev–Trinajstić information content (AvgIpc) is 3.22. The van der Waals surface area contributed by atoms with Crippen LogP contribution in [0.15, 0.2) is 0 Å². The van der Waals surface area contributed by atoms with Gasteiger partial charge in [-0.15, -0.1) is 11.8 Å². The predicted octanol–water partition coefficient (Wildman–Crippen LogP) is -0.115. The summed E-state index contributed by atoms with van der Waals surface area (Å²) in [7, 11) is 0. The van der Waals surface area contributed by atoms with Crippen molar-refractivity contribution < 1.29 is 19.5 Å². The summed E-state index contributed by atoms with van der Waals surface area (Å²) in [6, 6.07) is 0. The zero-order valence-corrected chi connectivity index (χ0v) is 11.5. The van der Waals surface area contributed by atoms with Crippen molar-refractivity contribution >= 4 is 29.5 Å². The zero-order valence-electron chi connectivity index (χ0n) is 10.7. The summed E-state index contributed by atoms with van der Waals surface area (Å²) in [4.78, 5) is 37.6. The number of piperazine rings is 1. The third-order valence-corrected chi connectivity index (χ3v) is 4.22. The Kier molecular flexibility index (Phi) is 4.68. The molecule has 1 aliphatic heterocycles. The molecule has 1 aliphatic carbocycles. The molecule has 2 aliphatic rings. The first-order valence-corrected chi connectivity index (χ1v) is 7.59. The van der Waals surface area contributed by atoms with E-state index < -0.39 is 5.97 Å². The van der Waals surface area contributed by atoms with Gasteiger partial charge in [-0.05, 0) is 12.8 Å². The normalized spacial score (nSPS) is 19.4. The van der Waals surface area contributed by atoms with Crippen LogP contribution in [0.4, 0.5) is 0 Å². The summed E-state index contributed by atoms with van der Waals surface area (Å²) in [6.07, 6.45) is 2.01. The molecule has 1 heterocycles. The van der Waals surface area contributed by atoms with E-state index in [0.717, 1.165) is 24.6 Å². The lowest BCUT2D eigenvalue weighted by atomic mass is 10.2. The van der Waals surface area contributed by atoms with E-state index in [9.17, 15) is 14.4 Å². The van der Waals surface area contributed by atoms with Gasteiger partial charge in [0.2, 0.25) is 11.8 Å². The minimum absolute atomic E-state index is 0.0372. The van der Waals surface area contributed by atoms with E-state index in [1.54, 1.807) is 4.90 Å². The molecule has 7 heteroatoms. The highest BCUT2D eigenvalue weighted by molar-refractivity contribution is 8.00. The number of nitrogens with zero attached hydrogens (tertiary/aromatic N) is 2. The van der Waals surface area contributed by atoms with Crippen LogP contribution in [0.2, 0.25) is 0 Å². The highest BCUT2D eigenvalue weighted by atomic mass is 32.2. The maximum atomic E-state index is 11.8. The summed E-state index contributed by atoms with van der Waals surface area (Å²) in [6.45, 7) is 2.32. The van der Waals surface area contributed by atoms with Crippen LogP contribution >= 0.6 is 11.8 Å². The molecule has 0 bridgehead atoms. The maximum Gasteiger partial charge on any atom is 0.313 e. The molecule has 19 heavy (non-hydrogen) atoms. The highest BCUT2D eigenvalue weighted by Gasteiger charge is 2.35. The van der Waals surface area contributed by atoms with Crippen LogP contribution in [0.5, 0.6) is 0 Å². The van der Waals surface area contributed by atoms with Crippen molar-refractivity contribution in [2.24, 2.45) is 5.92 Å². The molecule has 2 amide bonds. The Morgan fingerprint density at radius 3 is 2.11 bits per heavy atom. The van der Waals surface area contributed by atoms with E-state index in [2.05, 4.69) is 0 Å². The number of rotatable bonds is 5. The minimum Gasteiger partial charge on any atom is -0.481 e. The number of amides is 2. The Bertz CT molecular complexity index is 376. The van der Waals surface area contributed by atoms with Gasteiger partial charge in [-0.3, -0.25) is 14.4 Å². The van der Waals surface area contributed by atoms with Gasteiger partial charge in [-0.25, -0.2) is 0 Å². The molecule has 1 N–H and O–H groups in total. The predicted molar refractivity (Wildman–Crippen MR) is 70.8 cm³/mol. The molecule has 0 radical (unpaired) electrons. The lowest BCUT2D eigenvalue weighted by molar-refractivity contribution is -0.139. The van der Waals surface area contributed by atoms with Gasteiger partial charge in [0.05, 0.1) is 11.5 Å². The van der Waals surface area contributed by atoms with Gasteiger partial charge in [0, 0.05) is 32.1 Å². The molecule has 0 spiro atoms. The lowest BCUT2D eigenvalue weighted by Gasteiger charge is -2.34. The Morgan fingerprint density at radius 1 is 1.00 bits per heavy atom. The van der Waals surface area contributed by atoms with Gasteiger partial charge < -0.3 is 14.9 Å². The largest absolute Gasteiger partial charge is 0.481 e. The highest BCUT2D eigenvalue weighted by Crippen LogP contribution is 2.31. The van der Waals surface area contributed by atoms with Gasteiger partial charge in [-0.1, -0.05) is 0 Å². The summed E-state index contributed by atoms with van der Waals surface area (Å²) in [5, 5.41) is 8.50. The van der Waals surface area contributed by atoms with Crippen LogP contribution < -0.4 is 0 Å². The monoisotopic (exact) mass is 286 g/mol. The summed E-state index contributed by atoms with van der Waals surface area (Å²) < 4.78 is 0. The summed E-state index contributed by atoms with van der Waals surface area (Å²) in [5.74, 6) is -0.336. The molecule has 2 fully saturated rings. The first-order valence-electron chi connectivity index (χ1n) is 6.44. The van der Waals surface area contributed by atoms with E-state index >= 15 is 0 Å². The second-order valence-corrected chi connectivity index (χ2v) is 5.85. The van der Waals surface area contributed by atoms with Crippen LogP contribution in [0, 0.1) is 5.92 Å². The number of hydrogen-bond acceptors (Lipinski definition) is 4. The van der Waals surface area contributed by atoms with Crippen LogP contribution in [0.1, 0.15) is 12.8 Å². The maximum absolute atomic E-state index is 11.8. The molecular weight excluding hydrogens is 268 g/mol. The fraction of sp³-hybridized carbons (Fsp3) is 0.750. The van der Waals surface area contributed by atoms with E-state index in [0.29, 0.717) is 26.2 Å². The van der Waals surface area contributed by atoms with E-state index in [4.69, 9.17) is 5.11 Å². The Hall–Kier alpha value is -1.24. The smallest absolute Gasteiger partial charge is 0.313 e. The van der Waals surface area contributed by atoms with Gasteiger partial charge in [0.25, 0.3) is 0 Å². The molecule has 0 unspecified atom stereocenters. The molecule has 0 aromatic heterocycles. The molecule has 0 atom stereocenters. The number of carbonyl (C=O) groups excluding carboxylic acids is 2. The average molecular weight is 286 g/mol. The first-order chi connectivity index (χ1) is 9.08. The van der Waals surface area contributed by atoms with Gasteiger partial charge >= 0.3 is 5.97 Å². The van der Waals surface area contributed by atoms with Crippen LogP contribution in [-0.2, 0) is 14.4 Å². The summed E-state index contributed by atoms with van der Waals surface area (Å²) >= 11 is 1.11. The van der Waals surface area contributed by atoms with Crippen molar-refractivity contribution in [1.82, 2.24) is 9.80 Å². The Balaban J connectivity index is 1.68. The van der Waals surface area contributed by atoms with Crippen LogP contribution in [-0.4, -0.2) is 70.4 Å². The molecule has 6 nitrogen and oxygen atoms in total. The van der Waals surface area contributed by atoms with E-state index in [-0.39, 0.29) is 29.2 Å². The van der Waals surface area contributed by atoms with Gasteiger partial charge in [-0.2, -0.15) is 0 Å². The molecule has 0 aromatic carbocycles. The standard InChI is InChI=1S/C12H18N2O4S/c15-10(7-19-8-11(16)17)13-3-5-14(6-4-13)12(18)9-1-2-9/h9H,1-8H2,(H,16,17). The number of thioether (sulfide) groups is 1. The Labute approximate surface area is 116 Å². The first kappa shape index (κ1) is 14.2. The van der Waals surface area contributed by atoms with Crippen LogP contribution in [0.25, 0.3) is 0 Å². The van der Waals surface area contributed by atoms with Gasteiger partial charge in [0.15, 0.2) is 0 Å². The van der Waals surface area contributed by atoms with Crippen molar-refractivity contribution in [2.75, 3.05) is 37.7 Å². The molecule has 106 valence electrons. The number of aliphatic carboxylic acids is 1. The third kappa shape index (κ3) is 4.12. The topological polar surface area (TPSA) is 77.9 Å². The van der Waals surface area contributed by atoms with Crippen molar-refractivity contribution in [3.8, 4) is 0 Å². The molecule has 1 saturated carbocycles. The molecule has 1 saturated heterocycles. The van der Waals surface area contributed by atoms with Crippen molar-refractivity contribution in [3.05, 3.63) is 0 Å². The fourth-order valence-corrected chi connectivity index (χ4v) is 2.72. The Morgan fingerprint density at radius 2 is 1.58 bits per heavy atom. The second-order valence-electron chi connectivity index (χ2n) is 4.87. The van der Waals surface area contributed by atoms with Gasteiger partial charge in [0.1, 0.15) is 0 Å². The number of carbonyl (C=O) groups is 3. The molecular formula is C12H18N2O4S. The SMILES string of the molecule is O=C(O)CSCC(=O)N1CCN(C(=O)C2CC2)CC1.